The van der Waals surface area contributed by atoms with Gasteiger partial charge in [0.05, 0.1) is 12.7 Å². The number of carbonyl (C=O) groups is 1. The molecule has 6 atom stereocenters. The third kappa shape index (κ3) is 4.97. The summed E-state index contributed by atoms with van der Waals surface area (Å²) < 4.78 is 10.8. The van der Waals surface area contributed by atoms with E-state index in [1.54, 1.807) is 0 Å². The largest absolute Gasteiger partial charge is 0.481 e. The zero-order valence-corrected chi connectivity index (χ0v) is 12.7. The minimum atomic E-state index is -1.44. The number of aliphatic carboxylic acids is 1. The minimum Gasteiger partial charge on any atom is -0.481 e. The Kier molecular flexibility index (Phi) is 6.51. The van der Waals surface area contributed by atoms with Crippen LogP contribution in [0.4, 0.5) is 0 Å². The number of aliphatic hydroxyl groups excluding tert-OH is 4. The third-order valence-corrected chi connectivity index (χ3v) is 4.07. The summed E-state index contributed by atoms with van der Waals surface area (Å²) in [6.07, 6.45) is -1.50. The second-order valence-electron chi connectivity index (χ2n) is 5.94. The van der Waals surface area contributed by atoms with Crippen molar-refractivity contribution in [2.75, 3.05) is 6.61 Å². The number of rotatable bonds is 8. The molecule has 8 heteroatoms. The number of hydrogen-bond donors (Lipinski definition) is 5. The quantitative estimate of drug-likeness (QED) is 0.286. The van der Waals surface area contributed by atoms with E-state index >= 15 is 0 Å². The first-order valence-electron chi connectivity index (χ1n) is 7.80. The minimum absolute atomic E-state index is 0.161. The smallest absolute Gasteiger partial charge is 0.303 e. The van der Waals surface area contributed by atoms with Gasteiger partial charge in [-0.05, 0) is 24.8 Å². The lowest BCUT2D eigenvalue weighted by molar-refractivity contribution is -0.302. The van der Waals surface area contributed by atoms with Gasteiger partial charge in [0.15, 0.2) is 6.29 Å². The number of unbranched alkanes of at least 4 members (excludes halogenated alkanes) is 2. The standard InChI is InChI=1S/C15H24O8/c16-7-10-12(19)13(20)14(21)15(23-10)22-9-6-8(9)4-2-1-3-5-11(17)18/h4,9-10,12-16,19-21H,1-3,5-7H2,(H,17,18). The molecule has 1 heterocycles. The van der Waals surface area contributed by atoms with Crippen LogP contribution in [0.5, 0.6) is 0 Å². The van der Waals surface area contributed by atoms with Crippen LogP contribution in [0.15, 0.2) is 11.6 Å². The molecule has 23 heavy (non-hydrogen) atoms. The molecule has 0 spiro atoms. The first-order valence-corrected chi connectivity index (χ1v) is 7.80. The van der Waals surface area contributed by atoms with Crippen molar-refractivity contribution in [2.24, 2.45) is 0 Å². The Morgan fingerprint density at radius 3 is 2.61 bits per heavy atom. The monoisotopic (exact) mass is 332 g/mol. The lowest BCUT2D eigenvalue weighted by atomic mass is 9.99. The summed E-state index contributed by atoms with van der Waals surface area (Å²) in [5, 5.41) is 46.9. The lowest BCUT2D eigenvalue weighted by Crippen LogP contribution is -2.59. The van der Waals surface area contributed by atoms with Crippen LogP contribution in [-0.4, -0.2) is 74.9 Å². The molecular formula is C15H24O8. The molecule has 0 aromatic heterocycles. The fraction of sp³-hybridized carbons (Fsp3) is 0.800. The van der Waals surface area contributed by atoms with Crippen molar-refractivity contribution in [1.29, 1.82) is 0 Å². The van der Waals surface area contributed by atoms with Gasteiger partial charge in [0.2, 0.25) is 0 Å². The zero-order chi connectivity index (χ0) is 17.0. The second-order valence-corrected chi connectivity index (χ2v) is 5.94. The Hall–Kier alpha value is -1.03. The van der Waals surface area contributed by atoms with Gasteiger partial charge in [0.1, 0.15) is 24.4 Å². The van der Waals surface area contributed by atoms with E-state index < -0.39 is 43.3 Å². The van der Waals surface area contributed by atoms with E-state index in [9.17, 15) is 20.1 Å². The molecule has 1 aliphatic carbocycles. The molecule has 2 aliphatic rings. The van der Waals surface area contributed by atoms with Crippen LogP contribution in [0.2, 0.25) is 0 Å². The highest BCUT2D eigenvalue weighted by atomic mass is 16.7. The summed E-state index contributed by atoms with van der Waals surface area (Å²) in [7, 11) is 0. The molecule has 0 aromatic carbocycles. The summed E-state index contributed by atoms with van der Waals surface area (Å²) in [5.74, 6) is -0.798. The highest BCUT2D eigenvalue weighted by Gasteiger charge is 2.46. The Labute approximate surface area is 134 Å². The first kappa shape index (κ1) is 18.3. The van der Waals surface area contributed by atoms with Gasteiger partial charge in [-0.2, -0.15) is 0 Å². The van der Waals surface area contributed by atoms with Crippen LogP contribution in [-0.2, 0) is 14.3 Å². The Bertz CT molecular complexity index is 435. The summed E-state index contributed by atoms with van der Waals surface area (Å²) in [6.45, 7) is -0.484. The lowest BCUT2D eigenvalue weighted by Gasteiger charge is -2.39. The number of hydrogen-bond acceptors (Lipinski definition) is 7. The van der Waals surface area contributed by atoms with Crippen molar-refractivity contribution in [1.82, 2.24) is 0 Å². The Morgan fingerprint density at radius 1 is 1.22 bits per heavy atom. The van der Waals surface area contributed by atoms with E-state index in [1.807, 2.05) is 6.08 Å². The van der Waals surface area contributed by atoms with Crippen LogP contribution >= 0.6 is 0 Å². The van der Waals surface area contributed by atoms with Crippen molar-refractivity contribution in [2.45, 2.75) is 68.9 Å². The first-order chi connectivity index (χ1) is 10.9. The molecule has 8 nitrogen and oxygen atoms in total. The van der Waals surface area contributed by atoms with E-state index in [0.717, 1.165) is 18.4 Å². The third-order valence-electron chi connectivity index (χ3n) is 4.07. The molecule has 1 aliphatic heterocycles. The SMILES string of the molecule is O=C(O)CCCCC=C1CC1OC1OC(CO)C(O)C(O)C1O. The molecule has 1 saturated heterocycles. The zero-order valence-electron chi connectivity index (χ0n) is 12.7. The number of aliphatic hydroxyl groups is 4. The summed E-state index contributed by atoms with van der Waals surface area (Å²) in [6, 6.07) is 0. The second kappa shape index (κ2) is 8.18. The molecule has 1 saturated carbocycles. The van der Waals surface area contributed by atoms with Gasteiger partial charge in [-0.1, -0.05) is 6.08 Å². The molecule has 0 bridgehead atoms. The maximum Gasteiger partial charge on any atom is 0.303 e. The predicted octanol–water partition coefficient (Wildman–Crippen LogP) is -0.853. The van der Waals surface area contributed by atoms with Crippen LogP contribution < -0.4 is 0 Å². The topological polar surface area (TPSA) is 137 Å². The van der Waals surface area contributed by atoms with Gasteiger partial charge in [-0.3, -0.25) is 4.79 Å². The van der Waals surface area contributed by atoms with E-state index in [0.29, 0.717) is 12.8 Å². The molecule has 132 valence electrons. The maximum absolute atomic E-state index is 10.4. The molecule has 0 aromatic rings. The Morgan fingerprint density at radius 2 is 1.96 bits per heavy atom. The fourth-order valence-electron chi connectivity index (χ4n) is 2.56. The van der Waals surface area contributed by atoms with Crippen molar-refractivity contribution >= 4 is 5.97 Å². The molecular weight excluding hydrogens is 308 g/mol. The van der Waals surface area contributed by atoms with Crippen LogP contribution in [0, 0.1) is 0 Å². The highest BCUT2D eigenvalue weighted by molar-refractivity contribution is 5.66. The molecule has 6 unspecified atom stereocenters. The van der Waals surface area contributed by atoms with Crippen LogP contribution in [0.1, 0.15) is 32.1 Å². The van der Waals surface area contributed by atoms with Gasteiger partial charge in [0, 0.05) is 12.8 Å². The normalized spacial score (nSPS) is 38.7. The van der Waals surface area contributed by atoms with Crippen molar-refractivity contribution in [3.63, 3.8) is 0 Å². The van der Waals surface area contributed by atoms with E-state index in [1.165, 1.54) is 0 Å². The molecule has 2 fully saturated rings. The summed E-state index contributed by atoms with van der Waals surface area (Å²) in [4.78, 5) is 10.4. The average Bonchev–Trinajstić information content (AvgIpc) is 3.25. The van der Waals surface area contributed by atoms with Gasteiger partial charge < -0.3 is 35.0 Å². The average molecular weight is 332 g/mol. The maximum atomic E-state index is 10.4. The molecule has 5 N–H and O–H groups in total. The highest BCUT2D eigenvalue weighted by Crippen LogP contribution is 2.36. The number of ether oxygens (including phenoxy) is 2. The van der Waals surface area contributed by atoms with Gasteiger partial charge in [0.25, 0.3) is 0 Å². The number of carboxylic acid groups (broad SMARTS) is 1. The van der Waals surface area contributed by atoms with Gasteiger partial charge in [-0.15, -0.1) is 0 Å². The molecule has 0 amide bonds. The van der Waals surface area contributed by atoms with E-state index in [4.69, 9.17) is 19.7 Å². The Balaban J connectivity index is 1.74. The molecule has 0 radical (unpaired) electrons. The number of carboxylic acids is 1. The van der Waals surface area contributed by atoms with Gasteiger partial charge in [-0.25, -0.2) is 0 Å². The number of allylic oxidation sites excluding steroid dienone is 1. The predicted molar refractivity (Wildman–Crippen MR) is 77.4 cm³/mol. The van der Waals surface area contributed by atoms with Gasteiger partial charge >= 0.3 is 5.97 Å². The van der Waals surface area contributed by atoms with Crippen LogP contribution in [0.25, 0.3) is 0 Å². The van der Waals surface area contributed by atoms with Crippen molar-refractivity contribution in [3.05, 3.63) is 11.6 Å². The van der Waals surface area contributed by atoms with E-state index in [-0.39, 0.29) is 12.5 Å². The fourth-order valence-corrected chi connectivity index (χ4v) is 2.56. The van der Waals surface area contributed by atoms with Crippen molar-refractivity contribution < 1.29 is 39.8 Å². The summed E-state index contributed by atoms with van der Waals surface area (Å²) >= 11 is 0. The molecule has 2 rings (SSSR count). The van der Waals surface area contributed by atoms with E-state index in [2.05, 4.69) is 0 Å². The summed E-state index contributed by atoms with van der Waals surface area (Å²) in [5.41, 5.74) is 1.04. The van der Waals surface area contributed by atoms with Crippen molar-refractivity contribution in [3.8, 4) is 0 Å². The van der Waals surface area contributed by atoms with Crippen LogP contribution in [0.3, 0.4) is 0 Å².